The normalized spacial score (nSPS) is 9.58. The molecule has 1 aromatic rings. The number of carbonyl (C=O) groups excluding carboxylic acids is 1. The molecule has 4 nitrogen and oxygen atoms in total. The summed E-state index contributed by atoms with van der Waals surface area (Å²) < 4.78 is 0. The van der Waals surface area contributed by atoms with Gasteiger partial charge in [-0.25, -0.2) is 0 Å². The maximum atomic E-state index is 10.6. The van der Waals surface area contributed by atoms with E-state index in [1.54, 1.807) is 0 Å². The molecule has 0 amide bonds. The second-order valence-corrected chi connectivity index (χ2v) is 2.45. The molecule has 2 N–H and O–H groups in total. The number of nitrogens with zero attached hydrogens (tertiary/aromatic N) is 1. The number of anilines is 1. The van der Waals surface area contributed by atoms with Gasteiger partial charge in [0.1, 0.15) is 0 Å². The van der Waals surface area contributed by atoms with Crippen molar-refractivity contribution in [3.63, 3.8) is 0 Å². The number of benzene rings is 1. The number of hydrogen-bond donors (Lipinski definition) is 2. The van der Waals surface area contributed by atoms with E-state index < -0.39 is 5.24 Å². The van der Waals surface area contributed by atoms with Gasteiger partial charge in [0.05, 0.1) is 5.69 Å². The van der Waals surface area contributed by atoms with E-state index in [1.165, 1.54) is 24.3 Å². The minimum atomic E-state index is -0.580. The molecule has 0 saturated heterocycles. The maximum absolute atomic E-state index is 10.6. The van der Waals surface area contributed by atoms with Gasteiger partial charge in [0, 0.05) is 5.56 Å². The number of hydrogen-bond acceptors (Lipinski definition) is 4. The SMILES string of the molecule is O=C(Cl)c1ccc(N(O)O)cc1. The van der Waals surface area contributed by atoms with Gasteiger partial charge in [-0.1, -0.05) is 0 Å². The topological polar surface area (TPSA) is 60.8 Å². The van der Waals surface area contributed by atoms with Crippen molar-refractivity contribution in [2.45, 2.75) is 0 Å². The van der Waals surface area contributed by atoms with E-state index in [0.29, 0.717) is 5.56 Å². The van der Waals surface area contributed by atoms with Crippen LogP contribution in [0.25, 0.3) is 0 Å². The summed E-state index contributed by atoms with van der Waals surface area (Å²) >= 11 is 5.16. The quantitative estimate of drug-likeness (QED) is 0.546. The Labute approximate surface area is 73.5 Å². The third kappa shape index (κ3) is 1.94. The number of rotatable bonds is 2. The first-order valence-corrected chi connectivity index (χ1v) is 3.47. The van der Waals surface area contributed by atoms with E-state index in [-0.39, 0.29) is 10.9 Å². The first kappa shape index (κ1) is 8.99. The van der Waals surface area contributed by atoms with Crippen molar-refractivity contribution < 1.29 is 15.2 Å². The van der Waals surface area contributed by atoms with Crippen LogP contribution in [-0.2, 0) is 0 Å². The Hall–Kier alpha value is -1.10. The molecular weight excluding hydrogens is 182 g/mol. The van der Waals surface area contributed by atoms with Crippen LogP contribution in [0.5, 0.6) is 0 Å². The van der Waals surface area contributed by atoms with Crippen LogP contribution < -0.4 is 5.23 Å². The molecule has 0 aromatic heterocycles. The third-order valence-electron chi connectivity index (χ3n) is 1.33. The van der Waals surface area contributed by atoms with E-state index in [4.69, 9.17) is 22.0 Å². The van der Waals surface area contributed by atoms with Crippen molar-refractivity contribution >= 4 is 22.5 Å². The summed E-state index contributed by atoms with van der Waals surface area (Å²) in [7, 11) is 0. The van der Waals surface area contributed by atoms with Crippen LogP contribution in [0.4, 0.5) is 5.69 Å². The summed E-state index contributed by atoms with van der Waals surface area (Å²) in [6.07, 6.45) is 0. The van der Waals surface area contributed by atoms with Gasteiger partial charge in [-0.05, 0) is 35.9 Å². The lowest BCUT2D eigenvalue weighted by Crippen LogP contribution is -2.10. The van der Waals surface area contributed by atoms with Crippen molar-refractivity contribution in [1.82, 2.24) is 0 Å². The van der Waals surface area contributed by atoms with Gasteiger partial charge in [-0.3, -0.25) is 15.2 Å². The highest BCUT2D eigenvalue weighted by Gasteiger charge is 2.02. The van der Waals surface area contributed by atoms with Crippen molar-refractivity contribution in [3.05, 3.63) is 29.8 Å². The molecule has 0 aliphatic carbocycles. The summed E-state index contributed by atoms with van der Waals surface area (Å²) in [5, 5.41) is 16.4. The molecule has 0 fully saturated rings. The van der Waals surface area contributed by atoms with Crippen LogP contribution in [0.2, 0.25) is 0 Å². The van der Waals surface area contributed by atoms with Gasteiger partial charge >= 0.3 is 0 Å². The zero-order valence-corrected chi connectivity index (χ0v) is 6.69. The van der Waals surface area contributed by atoms with Gasteiger partial charge in [-0.2, -0.15) is 0 Å². The smallest absolute Gasteiger partial charge is 0.252 e. The van der Waals surface area contributed by atoms with Crippen LogP contribution in [0, 0.1) is 0 Å². The first-order chi connectivity index (χ1) is 5.61. The van der Waals surface area contributed by atoms with Gasteiger partial charge in [0.15, 0.2) is 0 Å². The third-order valence-corrected chi connectivity index (χ3v) is 1.54. The first-order valence-electron chi connectivity index (χ1n) is 3.09. The van der Waals surface area contributed by atoms with E-state index in [0.717, 1.165) is 0 Å². The van der Waals surface area contributed by atoms with Crippen molar-refractivity contribution in [2.24, 2.45) is 0 Å². The Kier molecular flexibility index (Phi) is 2.65. The Morgan fingerprint density at radius 3 is 2.08 bits per heavy atom. The monoisotopic (exact) mass is 187 g/mol. The lowest BCUT2D eigenvalue weighted by atomic mass is 10.2. The fourth-order valence-corrected chi connectivity index (χ4v) is 0.852. The zero-order chi connectivity index (χ0) is 9.14. The highest BCUT2D eigenvalue weighted by molar-refractivity contribution is 6.67. The Morgan fingerprint density at radius 2 is 1.75 bits per heavy atom. The van der Waals surface area contributed by atoms with Crippen molar-refractivity contribution in [2.75, 3.05) is 5.23 Å². The zero-order valence-electron chi connectivity index (χ0n) is 5.94. The molecule has 1 aromatic carbocycles. The second-order valence-electron chi connectivity index (χ2n) is 2.11. The predicted octanol–water partition coefficient (Wildman–Crippen LogP) is 1.65. The molecular formula is C7H6ClNO3. The Balaban J connectivity index is 2.93. The summed E-state index contributed by atoms with van der Waals surface area (Å²) in [6.45, 7) is 0. The minimum absolute atomic E-state index is 0.0392. The van der Waals surface area contributed by atoms with Crippen molar-refractivity contribution in [3.8, 4) is 0 Å². The molecule has 0 saturated carbocycles. The fraction of sp³-hybridized carbons (Fsp3) is 0. The van der Waals surface area contributed by atoms with E-state index in [2.05, 4.69) is 0 Å². The molecule has 0 bridgehead atoms. The lowest BCUT2D eigenvalue weighted by molar-refractivity contribution is 0.0291. The second kappa shape index (κ2) is 3.53. The molecule has 0 atom stereocenters. The van der Waals surface area contributed by atoms with Crippen LogP contribution in [0.1, 0.15) is 10.4 Å². The van der Waals surface area contributed by atoms with Crippen LogP contribution in [0.15, 0.2) is 24.3 Å². The molecule has 0 radical (unpaired) electrons. The van der Waals surface area contributed by atoms with E-state index in [1.807, 2.05) is 0 Å². The van der Waals surface area contributed by atoms with Gasteiger partial charge in [0.25, 0.3) is 5.24 Å². The highest BCUT2D eigenvalue weighted by atomic mass is 35.5. The summed E-state index contributed by atoms with van der Waals surface area (Å²) in [5.74, 6) is 0. The molecule has 1 rings (SSSR count). The van der Waals surface area contributed by atoms with Gasteiger partial charge in [-0.15, -0.1) is 5.23 Å². The molecule has 0 aliphatic heterocycles. The van der Waals surface area contributed by atoms with Crippen LogP contribution in [-0.4, -0.2) is 15.7 Å². The molecule has 12 heavy (non-hydrogen) atoms. The summed E-state index contributed by atoms with van der Waals surface area (Å²) in [5.41, 5.74) is 0.471. The Morgan fingerprint density at radius 1 is 1.25 bits per heavy atom. The van der Waals surface area contributed by atoms with Gasteiger partial charge < -0.3 is 0 Å². The average Bonchev–Trinajstić information content (AvgIpc) is 2.04. The standard InChI is InChI=1S/C7H6ClNO3/c8-7(10)5-1-3-6(4-2-5)9(11)12/h1-4,11-12H. The maximum Gasteiger partial charge on any atom is 0.252 e. The largest absolute Gasteiger partial charge is 0.276 e. The summed E-state index contributed by atoms with van der Waals surface area (Å²) in [4.78, 5) is 10.6. The minimum Gasteiger partial charge on any atom is -0.276 e. The van der Waals surface area contributed by atoms with Crippen molar-refractivity contribution in [1.29, 1.82) is 0 Å². The van der Waals surface area contributed by atoms with E-state index in [9.17, 15) is 4.79 Å². The van der Waals surface area contributed by atoms with E-state index >= 15 is 0 Å². The molecule has 5 heteroatoms. The number of carbonyl (C=O) groups is 1. The fourth-order valence-electron chi connectivity index (χ4n) is 0.726. The predicted molar refractivity (Wildman–Crippen MR) is 42.7 cm³/mol. The molecule has 64 valence electrons. The van der Waals surface area contributed by atoms with Gasteiger partial charge in [0.2, 0.25) is 0 Å². The lowest BCUT2D eigenvalue weighted by Gasteiger charge is -2.06. The molecule has 0 heterocycles. The Bertz CT molecular complexity index is 283. The van der Waals surface area contributed by atoms with Crippen LogP contribution >= 0.6 is 11.6 Å². The molecule has 0 aliphatic rings. The molecule has 0 unspecified atom stereocenters. The highest BCUT2D eigenvalue weighted by Crippen LogP contribution is 2.12. The molecule has 0 spiro atoms. The number of halogens is 1. The average molecular weight is 188 g/mol. The van der Waals surface area contributed by atoms with Crippen LogP contribution in [0.3, 0.4) is 0 Å². The summed E-state index contributed by atoms with van der Waals surface area (Å²) in [6, 6.07) is 5.50.